The summed E-state index contributed by atoms with van der Waals surface area (Å²) in [5, 5.41) is 0. The summed E-state index contributed by atoms with van der Waals surface area (Å²) in [6.07, 6.45) is 0. The fourth-order valence-corrected chi connectivity index (χ4v) is 2.12. The lowest BCUT2D eigenvalue weighted by molar-refractivity contribution is 0.789. The van der Waals surface area contributed by atoms with Crippen LogP contribution in [0, 0.1) is 6.92 Å². The maximum absolute atomic E-state index is 5.71. The highest BCUT2D eigenvalue weighted by atomic mass is 15.1. The Hall–Kier alpha value is -1.80. The molecule has 2 N–H and O–H groups in total. The second kappa shape index (κ2) is 6.22. The zero-order valence-electron chi connectivity index (χ0n) is 10.8. The second-order valence-electron chi connectivity index (χ2n) is 4.53. The Balaban J connectivity index is 2.16. The SMILES string of the molecule is Cc1cccc(CN(CCN)c2ccccc2)c1. The minimum absolute atomic E-state index is 0.667. The first-order valence-electron chi connectivity index (χ1n) is 6.35. The molecule has 2 aromatic carbocycles. The lowest BCUT2D eigenvalue weighted by Crippen LogP contribution is -2.28. The summed E-state index contributed by atoms with van der Waals surface area (Å²) in [5.74, 6) is 0. The molecule has 0 aliphatic carbocycles. The van der Waals surface area contributed by atoms with Crippen molar-refractivity contribution >= 4 is 5.69 Å². The Morgan fingerprint density at radius 2 is 1.78 bits per heavy atom. The van der Waals surface area contributed by atoms with E-state index in [2.05, 4.69) is 60.4 Å². The summed E-state index contributed by atoms with van der Waals surface area (Å²) in [6.45, 7) is 4.57. The predicted octanol–water partition coefficient (Wildman–Crippen LogP) is 2.96. The zero-order valence-corrected chi connectivity index (χ0v) is 10.8. The summed E-state index contributed by atoms with van der Waals surface area (Å²) in [5.41, 5.74) is 9.56. The van der Waals surface area contributed by atoms with Crippen LogP contribution in [0.25, 0.3) is 0 Å². The second-order valence-corrected chi connectivity index (χ2v) is 4.53. The molecule has 0 bridgehead atoms. The molecule has 0 radical (unpaired) electrons. The standard InChI is InChI=1S/C16H20N2/c1-14-6-5-7-15(12-14)13-18(11-10-17)16-8-3-2-4-9-16/h2-9,12H,10-11,13,17H2,1H3. The Kier molecular flexibility index (Phi) is 4.37. The van der Waals surface area contributed by atoms with Crippen LogP contribution >= 0.6 is 0 Å². The van der Waals surface area contributed by atoms with Crippen molar-refractivity contribution in [3.05, 3.63) is 65.7 Å². The number of hydrogen-bond donors (Lipinski definition) is 1. The monoisotopic (exact) mass is 240 g/mol. The van der Waals surface area contributed by atoms with Crippen LogP contribution in [0.4, 0.5) is 5.69 Å². The maximum atomic E-state index is 5.71. The number of aryl methyl sites for hydroxylation is 1. The molecular weight excluding hydrogens is 220 g/mol. The van der Waals surface area contributed by atoms with Gasteiger partial charge in [-0.15, -0.1) is 0 Å². The van der Waals surface area contributed by atoms with Crippen molar-refractivity contribution in [3.8, 4) is 0 Å². The van der Waals surface area contributed by atoms with E-state index >= 15 is 0 Å². The van der Waals surface area contributed by atoms with Crippen LogP contribution in [0.1, 0.15) is 11.1 Å². The smallest absolute Gasteiger partial charge is 0.0430 e. The van der Waals surface area contributed by atoms with Crippen LogP contribution < -0.4 is 10.6 Å². The first-order valence-corrected chi connectivity index (χ1v) is 6.35. The van der Waals surface area contributed by atoms with Gasteiger partial charge in [-0.25, -0.2) is 0 Å². The van der Waals surface area contributed by atoms with Crippen molar-refractivity contribution in [1.82, 2.24) is 0 Å². The minimum Gasteiger partial charge on any atom is -0.366 e. The molecule has 0 aliphatic heterocycles. The average molecular weight is 240 g/mol. The van der Waals surface area contributed by atoms with Gasteiger partial charge in [0.25, 0.3) is 0 Å². The van der Waals surface area contributed by atoms with Gasteiger partial charge in [0.15, 0.2) is 0 Å². The molecule has 0 aliphatic rings. The Labute approximate surface area is 109 Å². The summed E-state index contributed by atoms with van der Waals surface area (Å²) in [7, 11) is 0. The summed E-state index contributed by atoms with van der Waals surface area (Å²) >= 11 is 0. The number of benzene rings is 2. The van der Waals surface area contributed by atoms with Crippen molar-refractivity contribution in [2.45, 2.75) is 13.5 Å². The van der Waals surface area contributed by atoms with Crippen molar-refractivity contribution in [3.63, 3.8) is 0 Å². The normalized spacial score (nSPS) is 10.3. The van der Waals surface area contributed by atoms with Gasteiger partial charge in [-0.2, -0.15) is 0 Å². The van der Waals surface area contributed by atoms with E-state index in [1.54, 1.807) is 0 Å². The molecule has 2 aromatic rings. The molecule has 0 spiro atoms. The van der Waals surface area contributed by atoms with E-state index in [0.29, 0.717) is 6.54 Å². The van der Waals surface area contributed by atoms with Gasteiger partial charge < -0.3 is 10.6 Å². The molecule has 94 valence electrons. The van der Waals surface area contributed by atoms with Gasteiger partial charge in [0.2, 0.25) is 0 Å². The summed E-state index contributed by atoms with van der Waals surface area (Å²) in [4.78, 5) is 2.31. The van der Waals surface area contributed by atoms with Crippen molar-refractivity contribution in [1.29, 1.82) is 0 Å². The third-order valence-electron chi connectivity index (χ3n) is 2.98. The molecule has 2 nitrogen and oxygen atoms in total. The third-order valence-corrected chi connectivity index (χ3v) is 2.98. The quantitative estimate of drug-likeness (QED) is 0.870. The fourth-order valence-electron chi connectivity index (χ4n) is 2.12. The molecule has 0 saturated carbocycles. The molecule has 0 unspecified atom stereocenters. The summed E-state index contributed by atoms with van der Waals surface area (Å²) < 4.78 is 0. The molecule has 0 heterocycles. The fraction of sp³-hybridized carbons (Fsp3) is 0.250. The Morgan fingerprint density at radius 3 is 2.44 bits per heavy atom. The van der Waals surface area contributed by atoms with E-state index in [4.69, 9.17) is 5.73 Å². The summed E-state index contributed by atoms with van der Waals surface area (Å²) in [6, 6.07) is 19.1. The number of para-hydroxylation sites is 1. The van der Waals surface area contributed by atoms with E-state index in [1.807, 2.05) is 6.07 Å². The zero-order chi connectivity index (χ0) is 12.8. The van der Waals surface area contributed by atoms with Gasteiger partial charge in [0.1, 0.15) is 0 Å². The third kappa shape index (κ3) is 3.34. The molecule has 0 amide bonds. The molecule has 2 rings (SSSR count). The molecule has 0 saturated heterocycles. The highest BCUT2D eigenvalue weighted by Gasteiger charge is 2.05. The number of hydrogen-bond acceptors (Lipinski definition) is 2. The lowest BCUT2D eigenvalue weighted by Gasteiger charge is -2.24. The van der Waals surface area contributed by atoms with E-state index in [9.17, 15) is 0 Å². The van der Waals surface area contributed by atoms with Gasteiger partial charge >= 0.3 is 0 Å². The highest BCUT2D eigenvalue weighted by Crippen LogP contribution is 2.16. The van der Waals surface area contributed by atoms with Crippen molar-refractivity contribution < 1.29 is 0 Å². The first-order chi connectivity index (χ1) is 8.79. The highest BCUT2D eigenvalue weighted by molar-refractivity contribution is 5.46. The average Bonchev–Trinajstić information content (AvgIpc) is 2.39. The molecule has 2 heteroatoms. The van der Waals surface area contributed by atoms with Gasteiger partial charge in [-0.3, -0.25) is 0 Å². The van der Waals surface area contributed by atoms with E-state index in [0.717, 1.165) is 13.1 Å². The largest absolute Gasteiger partial charge is 0.366 e. The van der Waals surface area contributed by atoms with Crippen LogP contribution in [-0.2, 0) is 6.54 Å². The molecule has 0 atom stereocenters. The van der Waals surface area contributed by atoms with Gasteiger partial charge in [0, 0.05) is 25.3 Å². The predicted molar refractivity (Wildman–Crippen MR) is 77.7 cm³/mol. The van der Waals surface area contributed by atoms with Crippen LogP contribution in [0.15, 0.2) is 54.6 Å². The van der Waals surface area contributed by atoms with Crippen molar-refractivity contribution in [2.24, 2.45) is 5.73 Å². The molecule has 18 heavy (non-hydrogen) atoms. The van der Waals surface area contributed by atoms with Gasteiger partial charge in [-0.05, 0) is 24.6 Å². The molecule has 0 aromatic heterocycles. The van der Waals surface area contributed by atoms with E-state index in [1.165, 1.54) is 16.8 Å². The van der Waals surface area contributed by atoms with Crippen LogP contribution in [0.2, 0.25) is 0 Å². The van der Waals surface area contributed by atoms with E-state index < -0.39 is 0 Å². The van der Waals surface area contributed by atoms with Crippen LogP contribution in [0.3, 0.4) is 0 Å². The Morgan fingerprint density at radius 1 is 1.00 bits per heavy atom. The first kappa shape index (κ1) is 12.7. The topological polar surface area (TPSA) is 29.3 Å². The Bertz CT molecular complexity index is 479. The van der Waals surface area contributed by atoms with Crippen molar-refractivity contribution in [2.75, 3.05) is 18.0 Å². The molecule has 0 fully saturated rings. The lowest BCUT2D eigenvalue weighted by atomic mass is 10.1. The maximum Gasteiger partial charge on any atom is 0.0430 e. The van der Waals surface area contributed by atoms with Gasteiger partial charge in [0.05, 0.1) is 0 Å². The number of rotatable bonds is 5. The van der Waals surface area contributed by atoms with Gasteiger partial charge in [-0.1, -0.05) is 48.0 Å². The number of anilines is 1. The number of nitrogens with two attached hydrogens (primary N) is 1. The van der Waals surface area contributed by atoms with Crippen LogP contribution in [-0.4, -0.2) is 13.1 Å². The number of nitrogens with zero attached hydrogens (tertiary/aromatic N) is 1. The minimum atomic E-state index is 0.667. The van der Waals surface area contributed by atoms with E-state index in [-0.39, 0.29) is 0 Å². The van der Waals surface area contributed by atoms with Crippen LogP contribution in [0.5, 0.6) is 0 Å². The molecular formula is C16H20N2.